The summed E-state index contributed by atoms with van der Waals surface area (Å²) in [4.78, 5) is 22.2. The minimum absolute atomic E-state index is 0.204. The molecule has 1 unspecified atom stereocenters. The van der Waals surface area contributed by atoms with Crippen LogP contribution in [0.1, 0.15) is 39.5 Å². The normalized spacial score (nSPS) is 12.1. The van der Waals surface area contributed by atoms with E-state index in [1.807, 2.05) is 13.8 Å². The molecule has 0 bridgehead atoms. The number of amides is 1. The molecular formula is C11H22N2O3. The molecule has 3 N–H and O–H groups in total. The van der Waals surface area contributed by atoms with Gasteiger partial charge in [-0.2, -0.15) is 0 Å². The summed E-state index contributed by atoms with van der Waals surface area (Å²) in [6, 6.07) is -0.742. The van der Waals surface area contributed by atoms with E-state index in [-0.39, 0.29) is 5.91 Å². The molecule has 0 spiro atoms. The maximum absolute atomic E-state index is 11.4. The van der Waals surface area contributed by atoms with Gasteiger partial charge in [-0.05, 0) is 13.0 Å². The summed E-state index contributed by atoms with van der Waals surface area (Å²) >= 11 is 0. The van der Waals surface area contributed by atoms with Gasteiger partial charge in [0.25, 0.3) is 0 Å². The van der Waals surface area contributed by atoms with E-state index in [1.165, 1.54) is 0 Å². The molecular weight excluding hydrogens is 208 g/mol. The Kier molecular flexibility index (Phi) is 8.52. The highest BCUT2D eigenvalue weighted by Gasteiger charge is 2.18. The predicted octanol–water partition coefficient (Wildman–Crippen LogP) is 0.746. The SMILES string of the molecule is CCCCC(NC(=O)CCNCC)C(=O)O. The molecule has 1 atom stereocenters. The van der Waals surface area contributed by atoms with Gasteiger partial charge in [-0.1, -0.05) is 26.7 Å². The third-order valence-corrected chi connectivity index (χ3v) is 2.26. The molecule has 0 rings (SSSR count). The van der Waals surface area contributed by atoms with Crippen LogP contribution in [0.2, 0.25) is 0 Å². The van der Waals surface area contributed by atoms with Gasteiger partial charge in [-0.3, -0.25) is 4.79 Å². The van der Waals surface area contributed by atoms with Crippen LogP contribution < -0.4 is 10.6 Å². The smallest absolute Gasteiger partial charge is 0.326 e. The fourth-order valence-electron chi connectivity index (χ4n) is 1.31. The third-order valence-electron chi connectivity index (χ3n) is 2.26. The number of hydrogen-bond acceptors (Lipinski definition) is 3. The number of nitrogens with one attached hydrogen (secondary N) is 2. The summed E-state index contributed by atoms with van der Waals surface area (Å²) in [6.07, 6.45) is 2.56. The molecule has 0 saturated carbocycles. The Morgan fingerprint density at radius 1 is 1.31 bits per heavy atom. The van der Waals surface area contributed by atoms with Crippen molar-refractivity contribution < 1.29 is 14.7 Å². The Hall–Kier alpha value is -1.10. The van der Waals surface area contributed by atoms with Crippen molar-refractivity contribution in [2.45, 2.75) is 45.6 Å². The van der Waals surface area contributed by atoms with Gasteiger partial charge in [0.2, 0.25) is 5.91 Å². The first-order valence-corrected chi connectivity index (χ1v) is 5.84. The van der Waals surface area contributed by atoms with Crippen LogP contribution in [0.15, 0.2) is 0 Å². The molecule has 0 radical (unpaired) electrons. The first kappa shape index (κ1) is 14.9. The van der Waals surface area contributed by atoms with Crippen LogP contribution in [0.25, 0.3) is 0 Å². The van der Waals surface area contributed by atoms with E-state index in [1.54, 1.807) is 0 Å². The Bertz CT molecular complexity index is 219. The van der Waals surface area contributed by atoms with E-state index < -0.39 is 12.0 Å². The van der Waals surface area contributed by atoms with Crippen molar-refractivity contribution in [3.05, 3.63) is 0 Å². The molecule has 94 valence electrons. The number of unbranched alkanes of at least 4 members (excludes halogenated alkanes) is 1. The largest absolute Gasteiger partial charge is 0.480 e. The zero-order valence-electron chi connectivity index (χ0n) is 10.1. The van der Waals surface area contributed by atoms with E-state index in [2.05, 4.69) is 10.6 Å². The number of carboxylic acids is 1. The van der Waals surface area contributed by atoms with E-state index in [0.717, 1.165) is 19.4 Å². The van der Waals surface area contributed by atoms with Gasteiger partial charge in [-0.25, -0.2) is 4.79 Å². The number of aliphatic carboxylic acids is 1. The molecule has 0 aliphatic carbocycles. The van der Waals surface area contributed by atoms with Crippen LogP contribution in [0.3, 0.4) is 0 Å². The second-order valence-electron chi connectivity index (χ2n) is 3.70. The summed E-state index contributed by atoms with van der Waals surface area (Å²) in [5.74, 6) is -1.16. The number of carbonyl (C=O) groups is 2. The summed E-state index contributed by atoms with van der Waals surface area (Å²) in [5, 5.41) is 14.4. The van der Waals surface area contributed by atoms with E-state index in [9.17, 15) is 9.59 Å². The van der Waals surface area contributed by atoms with Crippen LogP contribution in [-0.4, -0.2) is 36.1 Å². The van der Waals surface area contributed by atoms with E-state index in [4.69, 9.17) is 5.11 Å². The fraction of sp³-hybridized carbons (Fsp3) is 0.818. The quantitative estimate of drug-likeness (QED) is 0.511. The monoisotopic (exact) mass is 230 g/mol. The highest BCUT2D eigenvalue weighted by Crippen LogP contribution is 2.01. The minimum Gasteiger partial charge on any atom is -0.480 e. The molecule has 0 fully saturated rings. The molecule has 16 heavy (non-hydrogen) atoms. The number of hydrogen-bond donors (Lipinski definition) is 3. The molecule has 0 aliphatic heterocycles. The third kappa shape index (κ3) is 7.23. The van der Waals surface area contributed by atoms with Gasteiger partial charge in [-0.15, -0.1) is 0 Å². The molecule has 0 aromatic rings. The van der Waals surface area contributed by atoms with Crippen molar-refractivity contribution in [2.75, 3.05) is 13.1 Å². The standard InChI is InChI=1S/C11H22N2O3/c1-3-5-6-9(11(15)16)13-10(14)7-8-12-4-2/h9,12H,3-8H2,1-2H3,(H,13,14)(H,15,16). The second-order valence-corrected chi connectivity index (χ2v) is 3.70. The molecule has 5 nitrogen and oxygen atoms in total. The Morgan fingerprint density at radius 3 is 2.50 bits per heavy atom. The van der Waals surface area contributed by atoms with Gasteiger partial charge in [0, 0.05) is 13.0 Å². The molecule has 1 amide bonds. The molecule has 0 heterocycles. The lowest BCUT2D eigenvalue weighted by atomic mass is 10.1. The molecule has 0 aromatic carbocycles. The Morgan fingerprint density at radius 2 is 2.00 bits per heavy atom. The maximum Gasteiger partial charge on any atom is 0.326 e. The van der Waals surface area contributed by atoms with Crippen molar-refractivity contribution in [1.82, 2.24) is 10.6 Å². The van der Waals surface area contributed by atoms with Crippen molar-refractivity contribution >= 4 is 11.9 Å². The Balaban J connectivity index is 3.88. The lowest BCUT2D eigenvalue weighted by molar-refractivity contribution is -0.142. The fourth-order valence-corrected chi connectivity index (χ4v) is 1.31. The van der Waals surface area contributed by atoms with E-state index in [0.29, 0.717) is 19.4 Å². The van der Waals surface area contributed by atoms with Crippen LogP contribution in [0.5, 0.6) is 0 Å². The van der Waals surface area contributed by atoms with Gasteiger partial charge in [0.15, 0.2) is 0 Å². The van der Waals surface area contributed by atoms with E-state index >= 15 is 0 Å². The van der Waals surface area contributed by atoms with Crippen LogP contribution in [0.4, 0.5) is 0 Å². The van der Waals surface area contributed by atoms with Gasteiger partial charge >= 0.3 is 5.97 Å². The zero-order chi connectivity index (χ0) is 12.4. The van der Waals surface area contributed by atoms with Crippen molar-refractivity contribution in [3.8, 4) is 0 Å². The summed E-state index contributed by atoms with van der Waals surface area (Å²) < 4.78 is 0. The molecule has 0 saturated heterocycles. The minimum atomic E-state index is -0.953. The lowest BCUT2D eigenvalue weighted by Gasteiger charge is -2.13. The average molecular weight is 230 g/mol. The molecule has 0 aliphatic rings. The van der Waals surface area contributed by atoms with Crippen LogP contribution >= 0.6 is 0 Å². The summed E-state index contributed by atoms with van der Waals surface area (Å²) in [6.45, 7) is 5.35. The van der Waals surface area contributed by atoms with Gasteiger partial charge in [0.1, 0.15) is 6.04 Å². The van der Waals surface area contributed by atoms with Crippen molar-refractivity contribution in [2.24, 2.45) is 0 Å². The van der Waals surface area contributed by atoms with Crippen molar-refractivity contribution in [3.63, 3.8) is 0 Å². The van der Waals surface area contributed by atoms with Crippen LogP contribution in [0, 0.1) is 0 Å². The predicted molar refractivity (Wildman–Crippen MR) is 62.3 cm³/mol. The molecule has 5 heteroatoms. The number of rotatable bonds is 9. The zero-order valence-corrected chi connectivity index (χ0v) is 10.1. The number of carboxylic acid groups (broad SMARTS) is 1. The lowest BCUT2D eigenvalue weighted by Crippen LogP contribution is -2.41. The maximum atomic E-state index is 11.4. The van der Waals surface area contributed by atoms with Gasteiger partial charge < -0.3 is 15.7 Å². The second kappa shape index (κ2) is 9.15. The Labute approximate surface area is 96.6 Å². The number of carbonyl (C=O) groups excluding carboxylic acids is 1. The van der Waals surface area contributed by atoms with Gasteiger partial charge in [0.05, 0.1) is 0 Å². The van der Waals surface area contributed by atoms with Crippen molar-refractivity contribution in [1.29, 1.82) is 0 Å². The van der Waals surface area contributed by atoms with Crippen LogP contribution in [-0.2, 0) is 9.59 Å². The average Bonchev–Trinajstić information content (AvgIpc) is 2.24. The highest BCUT2D eigenvalue weighted by molar-refractivity contribution is 5.83. The summed E-state index contributed by atoms with van der Waals surface area (Å²) in [5.41, 5.74) is 0. The first-order valence-electron chi connectivity index (χ1n) is 5.84. The summed E-state index contributed by atoms with van der Waals surface area (Å²) in [7, 11) is 0. The highest BCUT2D eigenvalue weighted by atomic mass is 16.4. The first-order chi connectivity index (χ1) is 7.61. The molecule has 0 aromatic heterocycles. The topological polar surface area (TPSA) is 78.4 Å².